The Morgan fingerprint density at radius 2 is 1.24 bits per heavy atom. The van der Waals surface area contributed by atoms with E-state index in [-0.39, 0.29) is 43.6 Å². The van der Waals surface area contributed by atoms with Gasteiger partial charge < -0.3 is 33.2 Å². The highest BCUT2D eigenvalue weighted by atomic mass is 16.2. The van der Waals surface area contributed by atoms with E-state index in [1.165, 1.54) is 0 Å². The highest BCUT2D eigenvalue weighted by Gasteiger charge is 2.31. The molecule has 9 N–H and O–H groups in total. The molecule has 0 saturated heterocycles. The molecule has 0 bridgehead atoms. The minimum Gasteiger partial charge on any atom is -0.370 e. The number of nitrogens with one attached hydrogen (secondary N) is 3. The Bertz CT molecular complexity index is 1180. The fourth-order valence-corrected chi connectivity index (χ4v) is 4.93. The highest BCUT2D eigenvalue weighted by molar-refractivity contribution is 5.94. The van der Waals surface area contributed by atoms with Crippen molar-refractivity contribution in [1.82, 2.24) is 16.0 Å². The third-order valence-electron chi connectivity index (χ3n) is 7.16. The summed E-state index contributed by atoms with van der Waals surface area (Å²) in [7, 11) is 0. The number of hydrogen-bond donors (Lipinski definition) is 6. The zero-order valence-corrected chi connectivity index (χ0v) is 23.3. The van der Waals surface area contributed by atoms with Gasteiger partial charge in [-0.05, 0) is 36.8 Å². The van der Waals surface area contributed by atoms with Crippen LogP contribution < -0.4 is 33.2 Å². The minimum absolute atomic E-state index is 0.0794. The normalized spacial score (nSPS) is 15.2. The van der Waals surface area contributed by atoms with Crippen LogP contribution in [0.15, 0.2) is 65.7 Å². The van der Waals surface area contributed by atoms with Crippen molar-refractivity contribution >= 4 is 29.6 Å². The monoisotopic (exact) mass is 563 g/mol. The highest BCUT2D eigenvalue weighted by Crippen LogP contribution is 2.25. The molecule has 2 aromatic carbocycles. The topological polar surface area (TPSA) is 195 Å². The standard InChI is InChI=1S/C30H41N7O4/c31-26(38)24(18-20-10-3-1-4-11-20)36-28(40)23(16-9-17-34-30(32)33)35-29(41)25(19-21-12-5-2-6-13-21)37-27(39)22-14-7-8-15-22/h1-6,10-13,22-25H,7-9,14-19H2,(H2,31,38)(H,35,41)(H,36,40)(H,37,39)(H4,32,33,34)/t23-,24-,25-/m0/s1. The lowest BCUT2D eigenvalue weighted by atomic mass is 10.0. The van der Waals surface area contributed by atoms with Crippen LogP contribution in [0.4, 0.5) is 0 Å². The van der Waals surface area contributed by atoms with Gasteiger partial charge in [0, 0.05) is 25.3 Å². The van der Waals surface area contributed by atoms with E-state index in [2.05, 4.69) is 20.9 Å². The number of primary amides is 1. The Morgan fingerprint density at radius 1 is 0.732 bits per heavy atom. The molecule has 0 aromatic heterocycles. The quantitative estimate of drug-likeness (QED) is 0.105. The first-order valence-corrected chi connectivity index (χ1v) is 14.1. The summed E-state index contributed by atoms with van der Waals surface area (Å²) in [5.74, 6) is -2.13. The number of carbonyl (C=O) groups excluding carboxylic acids is 4. The molecule has 41 heavy (non-hydrogen) atoms. The van der Waals surface area contributed by atoms with Crippen LogP contribution in [-0.2, 0) is 32.0 Å². The molecular weight excluding hydrogens is 522 g/mol. The predicted octanol–water partition coefficient (Wildman–Crippen LogP) is 0.655. The number of amides is 4. The smallest absolute Gasteiger partial charge is 0.243 e. The molecule has 11 nitrogen and oxygen atoms in total. The first kappa shape index (κ1) is 31.1. The number of rotatable bonds is 15. The lowest BCUT2D eigenvalue weighted by Gasteiger charge is -2.25. The van der Waals surface area contributed by atoms with E-state index in [9.17, 15) is 19.2 Å². The molecule has 1 aliphatic carbocycles. The second kappa shape index (κ2) is 16.0. The van der Waals surface area contributed by atoms with Gasteiger partial charge in [0.1, 0.15) is 18.1 Å². The van der Waals surface area contributed by atoms with Crippen LogP contribution >= 0.6 is 0 Å². The van der Waals surface area contributed by atoms with Crippen LogP contribution in [0.25, 0.3) is 0 Å². The van der Waals surface area contributed by atoms with E-state index in [1.54, 1.807) is 0 Å². The van der Waals surface area contributed by atoms with Crippen molar-refractivity contribution in [1.29, 1.82) is 0 Å². The molecule has 0 spiro atoms. The maximum atomic E-state index is 13.6. The summed E-state index contributed by atoms with van der Waals surface area (Å²) in [5, 5.41) is 8.41. The number of nitrogens with two attached hydrogens (primary N) is 3. The zero-order valence-electron chi connectivity index (χ0n) is 23.3. The van der Waals surface area contributed by atoms with Gasteiger partial charge in [0.2, 0.25) is 23.6 Å². The second-order valence-electron chi connectivity index (χ2n) is 10.4. The van der Waals surface area contributed by atoms with Gasteiger partial charge in [0.15, 0.2) is 5.96 Å². The van der Waals surface area contributed by atoms with Crippen molar-refractivity contribution < 1.29 is 19.2 Å². The summed E-state index contributed by atoms with van der Waals surface area (Å²) in [4.78, 5) is 56.2. The lowest BCUT2D eigenvalue weighted by molar-refractivity contribution is -0.134. The van der Waals surface area contributed by atoms with Crippen LogP contribution in [0.5, 0.6) is 0 Å². The van der Waals surface area contributed by atoms with Gasteiger partial charge in [-0.3, -0.25) is 24.2 Å². The average Bonchev–Trinajstić information content (AvgIpc) is 3.50. The summed E-state index contributed by atoms with van der Waals surface area (Å²) >= 11 is 0. The fraction of sp³-hybridized carbons (Fsp3) is 0.433. The zero-order chi connectivity index (χ0) is 29.6. The number of carbonyl (C=O) groups is 4. The van der Waals surface area contributed by atoms with Crippen molar-refractivity contribution in [3.8, 4) is 0 Å². The molecule has 11 heteroatoms. The van der Waals surface area contributed by atoms with Gasteiger partial charge in [0.05, 0.1) is 0 Å². The summed E-state index contributed by atoms with van der Waals surface area (Å²) in [6.07, 6.45) is 4.57. The average molecular weight is 564 g/mol. The van der Waals surface area contributed by atoms with E-state index in [4.69, 9.17) is 17.2 Å². The van der Waals surface area contributed by atoms with Gasteiger partial charge in [0.25, 0.3) is 0 Å². The minimum atomic E-state index is -1.02. The molecular formula is C30H41N7O4. The Labute approximate surface area is 240 Å². The maximum Gasteiger partial charge on any atom is 0.243 e. The van der Waals surface area contributed by atoms with E-state index >= 15 is 0 Å². The molecule has 220 valence electrons. The van der Waals surface area contributed by atoms with E-state index in [1.807, 2.05) is 60.7 Å². The Hall–Kier alpha value is -4.41. The van der Waals surface area contributed by atoms with Crippen LogP contribution in [0, 0.1) is 5.92 Å². The first-order valence-electron chi connectivity index (χ1n) is 14.1. The molecule has 0 aliphatic heterocycles. The third kappa shape index (κ3) is 10.6. The van der Waals surface area contributed by atoms with E-state index in [0.717, 1.165) is 36.8 Å². The number of benzene rings is 2. The van der Waals surface area contributed by atoms with E-state index in [0.29, 0.717) is 6.42 Å². The molecule has 2 aromatic rings. The lowest BCUT2D eigenvalue weighted by Crippen LogP contribution is -2.57. The van der Waals surface area contributed by atoms with Crippen LogP contribution in [-0.4, -0.2) is 54.3 Å². The van der Waals surface area contributed by atoms with Gasteiger partial charge in [-0.25, -0.2) is 0 Å². The third-order valence-corrected chi connectivity index (χ3v) is 7.16. The van der Waals surface area contributed by atoms with Crippen molar-refractivity contribution in [2.45, 2.75) is 69.5 Å². The maximum absolute atomic E-state index is 13.6. The van der Waals surface area contributed by atoms with Crippen molar-refractivity contribution in [3.63, 3.8) is 0 Å². The second-order valence-corrected chi connectivity index (χ2v) is 10.4. The molecule has 0 radical (unpaired) electrons. The number of hydrogen-bond acceptors (Lipinski definition) is 5. The Morgan fingerprint density at radius 3 is 1.78 bits per heavy atom. The largest absolute Gasteiger partial charge is 0.370 e. The molecule has 3 rings (SSSR count). The van der Waals surface area contributed by atoms with Gasteiger partial charge in [-0.2, -0.15) is 0 Å². The van der Waals surface area contributed by atoms with Crippen molar-refractivity contribution in [2.75, 3.05) is 6.54 Å². The van der Waals surface area contributed by atoms with Gasteiger partial charge in [-0.1, -0.05) is 73.5 Å². The van der Waals surface area contributed by atoms with Gasteiger partial charge in [-0.15, -0.1) is 0 Å². The van der Waals surface area contributed by atoms with Crippen LogP contribution in [0.3, 0.4) is 0 Å². The fourth-order valence-electron chi connectivity index (χ4n) is 4.93. The molecule has 1 aliphatic rings. The number of aliphatic imine (C=N–C) groups is 1. The molecule has 1 saturated carbocycles. The summed E-state index contributed by atoms with van der Waals surface area (Å²) in [6, 6.07) is 15.6. The van der Waals surface area contributed by atoms with Crippen molar-refractivity contribution in [2.24, 2.45) is 28.1 Å². The summed E-state index contributed by atoms with van der Waals surface area (Å²) in [5.41, 5.74) is 18.1. The number of nitrogens with zero attached hydrogens (tertiary/aromatic N) is 1. The number of guanidine groups is 1. The first-order chi connectivity index (χ1) is 19.7. The Balaban J connectivity index is 1.76. The molecule has 4 amide bonds. The summed E-state index contributed by atoms with van der Waals surface area (Å²) in [6.45, 7) is 0.247. The molecule has 0 unspecified atom stereocenters. The molecule has 1 fully saturated rings. The van der Waals surface area contributed by atoms with E-state index < -0.39 is 35.8 Å². The van der Waals surface area contributed by atoms with Crippen LogP contribution in [0.1, 0.15) is 49.7 Å². The molecule has 0 heterocycles. The summed E-state index contributed by atoms with van der Waals surface area (Å²) < 4.78 is 0. The molecule has 3 atom stereocenters. The SMILES string of the molecule is NC(=O)[C@H](Cc1ccccc1)NC(=O)[C@H](CCCN=C(N)N)NC(=O)[C@H](Cc1ccccc1)NC(=O)C1CCCC1. The van der Waals surface area contributed by atoms with Crippen molar-refractivity contribution in [3.05, 3.63) is 71.8 Å². The van der Waals surface area contributed by atoms with Gasteiger partial charge >= 0.3 is 0 Å². The predicted molar refractivity (Wildman–Crippen MR) is 157 cm³/mol. The Kier molecular flexibility index (Phi) is 12.1. The van der Waals surface area contributed by atoms with Crippen LogP contribution in [0.2, 0.25) is 0 Å².